The Hall–Kier alpha value is -8.81. The van der Waals surface area contributed by atoms with E-state index in [4.69, 9.17) is 11.5 Å². The van der Waals surface area contributed by atoms with Gasteiger partial charge in [-0.2, -0.15) is 0 Å². The van der Waals surface area contributed by atoms with Gasteiger partial charge in [-0.05, 0) is 76.4 Å². The molecule has 0 saturated carbocycles. The molecule has 7 rings (SSSR count). The number of nitrogens with zero attached hydrogens (tertiary/aromatic N) is 2. The summed E-state index contributed by atoms with van der Waals surface area (Å²) in [5.41, 5.74) is 14.1. The van der Waals surface area contributed by atoms with Crippen molar-refractivity contribution in [3.05, 3.63) is 132 Å². The summed E-state index contributed by atoms with van der Waals surface area (Å²) in [6.45, 7) is 1.41. The normalized spacial score (nSPS) is 20.7. The highest BCUT2D eigenvalue weighted by Gasteiger charge is 2.35. The van der Waals surface area contributed by atoms with E-state index in [1.807, 2.05) is 109 Å². The lowest BCUT2D eigenvalue weighted by atomic mass is 9.98. The summed E-state index contributed by atoms with van der Waals surface area (Å²) in [4.78, 5) is 122. The zero-order chi connectivity index (χ0) is 55.0. The molecule has 77 heavy (non-hydrogen) atoms. The summed E-state index contributed by atoms with van der Waals surface area (Å²) in [5, 5.41) is 24.0. The molecule has 0 aliphatic carbocycles. The van der Waals surface area contributed by atoms with Crippen molar-refractivity contribution in [2.24, 2.45) is 16.5 Å². The molecule has 20 heteroatoms. The number of fused-ring (bicyclic) bond motifs is 3. The third-order valence-electron chi connectivity index (χ3n) is 13.5. The third-order valence-corrected chi connectivity index (χ3v) is 13.5. The molecule has 6 atom stereocenters. The van der Waals surface area contributed by atoms with Gasteiger partial charge in [-0.25, -0.2) is 0 Å². The second kappa shape index (κ2) is 26.6. The highest BCUT2D eigenvalue weighted by Crippen LogP contribution is 2.22. The van der Waals surface area contributed by atoms with Gasteiger partial charge in [0.05, 0.1) is 6.42 Å². The Morgan fingerprint density at radius 3 is 1.77 bits per heavy atom. The van der Waals surface area contributed by atoms with Gasteiger partial charge < -0.3 is 58.6 Å². The predicted molar refractivity (Wildman–Crippen MR) is 295 cm³/mol. The van der Waals surface area contributed by atoms with Crippen LogP contribution in [0.15, 0.2) is 120 Å². The number of aliphatic imine (C=N–C) groups is 1. The van der Waals surface area contributed by atoms with E-state index in [0.717, 1.165) is 32.4 Å². The SMILES string of the molecule is CC(=O)N[C@H]1CC(=O)NCCCC[C@@H](C(=O)N(C)C)NC(=O)[C@H](Cc2ccc3ccccc3c2)NC(=O)[C@H](CCCN=C(N)N)NC(=O)[C@@H](Cc2ccc3ccccc3c2)NC(=O)[C@H](Cc2c[nH]c3ccccc23)NC1=O. The van der Waals surface area contributed by atoms with E-state index in [9.17, 15) is 33.6 Å². The molecule has 2 heterocycles. The Morgan fingerprint density at radius 1 is 0.636 bits per heavy atom. The van der Waals surface area contributed by atoms with Gasteiger partial charge in [-0.3, -0.25) is 43.3 Å². The summed E-state index contributed by atoms with van der Waals surface area (Å²) in [7, 11) is 3.12. The molecular weight excluding hydrogens is 981 g/mol. The van der Waals surface area contributed by atoms with Gasteiger partial charge in [0.2, 0.25) is 47.3 Å². The van der Waals surface area contributed by atoms with E-state index in [0.29, 0.717) is 29.5 Å². The molecule has 0 bridgehead atoms. The van der Waals surface area contributed by atoms with Crippen LogP contribution in [0.4, 0.5) is 0 Å². The van der Waals surface area contributed by atoms with Crippen LogP contribution in [0.1, 0.15) is 62.1 Å². The minimum absolute atomic E-state index is 0.00432. The van der Waals surface area contributed by atoms with Crippen LogP contribution in [0.2, 0.25) is 0 Å². The maximum Gasteiger partial charge on any atom is 0.244 e. The molecule has 12 N–H and O–H groups in total. The van der Waals surface area contributed by atoms with E-state index in [2.05, 4.69) is 47.2 Å². The van der Waals surface area contributed by atoms with Crippen molar-refractivity contribution in [2.75, 3.05) is 27.2 Å². The van der Waals surface area contributed by atoms with E-state index in [1.54, 1.807) is 20.3 Å². The number of H-pyrrole nitrogens is 1. The summed E-state index contributed by atoms with van der Waals surface area (Å²) in [5.74, 6) is -5.54. The Balaban J connectivity index is 1.29. The number of hydrogen-bond acceptors (Lipinski definition) is 9. The first kappa shape index (κ1) is 55.9. The minimum Gasteiger partial charge on any atom is -0.370 e. The number of amides is 8. The molecule has 0 spiro atoms. The van der Waals surface area contributed by atoms with Crippen LogP contribution in [0.3, 0.4) is 0 Å². The third kappa shape index (κ3) is 15.9. The highest BCUT2D eigenvalue weighted by molar-refractivity contribution is 5.99. The van der Waals surface area contributed by atoms with Crippen molar-refractivity contribution < 1.29 is 38.4 Å². The van der Waals surface area contributed by atoms with Gasteiger partial charge in [-0.1, -0.05) is 103 Å². The van der Waals surface area contributed by atoms with Crippen LogP contribution in [0.25, 0.3) is 32.4 Å². The fourth-order valence-electron chi connectivity index (χ4n) is 9.47. The molecule has 1 aromatic heterocycles. The molecule has 5 aromatic carbocycles. The zero-order valence-corrected chi connectivity index (χ0v) is 43.5. The van der Waals surface area contributed by atoms with Crippen molar-refractivity contribution in [1.82, 2.24) is 47.1 Å². The number of rotatable bonds is 12. The van der Waals surface area contributed by atoms with Crippen molar-refractivity contribution >= 4 is 85.7 Å². The van der Waals surface area contributed by atoms with Crippen LogP contribution in [0.5, 0.6) is 0 Å². The van der Waals surface area contributed by atoms with Gasteiger partial charge >= 0.3 is 0 Å². The number of nitrogens with one attached hydrogen (secondary N) is 8. The van der Waals surface area contributed by atoms with E-state index < -0.39 is 89.9 Å². The van der Waals surface area contributed by atoms with E-state index in [1.165, 1.54) is 11.8 Å². The van der Waals surface area contributed by atoms with Crippen molar-refractivity contribution in [2.45, 2.75) is 101 Å². The molecular formula is C57H68N12O8. The molecule has 8 amide bonds. The summed E-state index contributed by atoms with van der Waals surface area (Å²) in [6, 6.07) is 26.2. The first-order valence-electron chi connectivity index (χ1n) is 25.8. The van der Waals surface area contributed by atoms with Gasteiger partial charge in [0.25, 0.3) is 0 Å². The highest BCUT2D eigenvalue weighted by atomic mass is 16.2. The smallest absolute Gasteiger partial charge is 0.244 e. The fourth-order valence-corrected chi connectivity index (χ4v) is 9.47. The van der Waals surface area contributed by atoms with Gasteiger partial charge in [-0.15, -0.1) is 0 Å². The predicted octanol–water partition coefficient (Wildman–Crippen LogP) is 2.26. The Bertz CT molecular complexity index is 3150. The quantitative estimate of drug-likeness (QED) is 0.0485. The van der Waals surface area contributed by atoms with Crippen molar-refractivity contribution in [3.8, 4) is 0 Å². The molecule has 1 saturated heterocycles. The standard InChI is InChI=1S/C57H68N12O8/c1-34(70)63-49-32-50(71)60-25-11-10-19-45(56(77)69(2)3)65-53(74)47(30-36-22-24-38-14-5-7-16-40(38)28-36)66-51(72)44(20-12-26-61-57(58)59)64-52(73)46(29-35-21-23-37-13-4-6-15-39(37)27-35)67-54(75)48(68-55(49)76)31-41-33-62-43-18-9-8-17-42(41)43/h4-9,13-18,21-24,27-28,33,44-49,62H,10-12,19-20,25-26,29-32H2,1-3H3,(H,60,71)(H,63,70)(H,64,73)(H,65,74)(H,66,72)(H,67,75)(H,68,76)(H4,58,59,61)/t44-,45-,46+,47-,48-,49-/m0/s1. The largest absolute Gasteiger partial charge is 0.370 e. The lowest BCUT2D eigenvalue weighted by Crippen LogP contribution is -2.60. The second-order valence-corrected chi connectivity index (χ2v) is 19.6. The fraction of sp³-hybridized carbons (Fsp3) is 0.351. The molecule has 0 radical (unpaired) electrons. The second-order valence-electron chi connectivity index (χ2n) is 19.6. The van der Waals surface area contributed by atoms with Crippen molar-refractivity contribution in [1.29, 1.82) is 0 Å². The molecule has 0 unspecified atom stereocenters. The average Bonchev–Trinajstić information content (AvgIpc) is 3.82. The van der Waals surface area contributed by atoms with Crippen molar-refractivity contribution in [3.63, 3.8) is 0 Å². The number of benzene rings is 5. The van der Waals surface area contributed by atoms with Crippen LogP contribution in [-0.2, 0) is 57.6 Å². The summed E-state index contributed by atoms with van der Waals surface area (Å²) >= 11 is 0. The topological polar surface area (TPSA) is 304 Å². The molecule has 6 aromatic rings. The van der Waals surface area contributed by atoms with Gasteiger partial charge in [0.1, 0.15) is 36.3 Å². The zero-order valence-electron chi connectivity index (χ0n) is 43.5. The van der Waals surface area contributed by atoms with Crippen LogP contribution in [0, 0.1) is 0 Å². The monoisotopic (exact) mass is 1050 g/mol. The number of likely N-dealkylation sites (N-methyl/N-ethyl adjacent to an activating group) is 1. The first-order chi connectivity index (χ1) is 37.0. The Kier molecular flexibility index (Phi) is 19.3. The van der Waals surface area contributed by atoms with Gasteiger partial charge in [0.15, 0.2) is 5.96 Å². The summed E-state index contributed by atoms with van der Waals surface area (Å²) in [6.07, 6.45) is 2.12. The van der Waals surface area contributed by atoms with E-state index in [-0.39, 0.29) is 57.6 Å². The van der Waals surface area contributed by atoms with E-state index >= 15 is 4.79 Å². The number of aromatic nitrogens is 1. The number of nitrogens with two attached hydrogens (primary N) is 2. The number of carbonyl (C=O) groups is 8. The number of guanidine groups is 1. The maximum atomic E-state index is 15.0. The molecule has 1 aliphatic rings. The molecule has 1 fully saturated rings. The molecule has 20 nitrogen and oxygen atoms in total. The minimum atomic E-state index is -1.41. The average molecular weight is 1050 g/mol. The lowest BCUT2D eigenvalue weighted by Gasteiger charge is -2.28. The number of aromatic amines is 1. The van der Waals surface area contributed by atoms with Crippen LogP contribution in [-0.4, -0.2) is 127 Å². The van der Waals surface area contributed by atoms with Gasteiger partial charge in [0, 0.05) is 70.5 Å². The van der Waals surface area contributed by atoms with Crippen LogP contribution >= 0.6 is 0 Å². The number of carbonyl (C=O) groups excluding carboxylic acids is 8. The lowest BCUT2D eigenvalue weighted by molar-refractivity contribution is -0.136. The maximum absolute atomic E-state index is 15.0. The Labute approximate surface area is 446 Å². The molecule has 404 valence electrons. The number of para-hydroxylation sites is 1. The summed E-state index contributed by atoms with van der Waals surface area (Å²) < 4.78 is 0. The number of hydrogen-bond donors (Lipinski definition) is 10. The Morgan fingerprint density at radius 2 is 1.17 bits per heavy atom. The molecule has 1 aliphatic heterocycles. The van der Waals surface area contributed by atoms with Crippen LogP contribution < -0.4 is 48.7 Å². The first-order valence-corrected chi connectivity index (χ1v) is 25.8.